The van der Waals surface area contributed by atoms with Crippen molar-refractivity contribution in [2.24, 2.45) is 5.92 Å². The summed E-state index contributed by atoms with van der Waals surface area (Å²) in [7, 11) is 4.36. The number of hydrogen-bond acceptors (Lipinski definition) is 8. The molecular formula is C34H42N2O6. The number of esters is 1. The monoisotopic (exact) mass is 574 g/mol. The molecule has 1 unspecified atom stereocenters. The SMILES string of the molecule is CN1CC[C@]23c4c5ccc(O)c4O[C@H]2[C@@H](O)C=C[C@H]3[C@H]1C5.CN1[C@@H]2CC[C@H]1C[C@@H](OC(=O)C(CO)c1ccccc1)C2. The third kappa shape index (κ3) is 4.29. The quantitative estimate of drug-likeness (QED) is 0.378. The van der Waals surface area contributed by atoms with Crippen molar-refractivity contribution in [3.05, 3.63) is 71.3 Å². The molecule has 6 aliphatic rings. The molecule has 9 atom stereocenters. The molecule has 8 rings (SSSR count). The lowest BCUT2D eigenvalue weighted by atomic mass is 9.53. The maximum atomic E-state index is 12.4. The second-order valence-corrected chi connectivity index (χ2v) is 13.2. The minimum Gasteiger partial charge on any atom is -0.504 e. The van der Waals surface area contributed by atoms with E-state index in [-0.39, 0.29) is 35.9 Å². The van der Waals surface area contributed by atoms with Gasteiger partial charge >= 0.3 is 5.97 Å². The predicted molar refractivity (Wildman–Crippen MR) is 158 cm³/mol. The second kappa shape index (κ2) is 10.7. The highest BCUT2D eigenvalue weighted by Gasteiger charge is 2.64. The minimum absolute atomic E-state index is 0.00367. The van der Waals surface area contributed by atoms with Crippen molar-refractivity contribution >= 4 is 5.97 Å². The number of fused-ring (bicyclic) bond motifs is 2. The Labute approximate surface area is 247 Å². The summed E-state index contributed by atoms with van der Waals surface area (Å²) in [5, 5.41) is 30.2. The molecule has 8 nitrogen and oxygen atoms in total. The number of carbonyl (C=O) groups excluding carboxylic acids is 1. The summed E-state index contributed by atoms with van der Waals surface area (Å²) in [4.78, 5) is 17.2. The standard InChI is InChI=1S/C17H19NO3.C17H23NO3/c1-18-7-6-17-10-3-5-13(20)16(17)21-15-12(19)4-2-9(14(15)17)8-11(10)18;1-18-13-7-8-14(18)10-15(9-13)21-17(20)16(11-19)12-5-3-2-4-6-12/h2-5,10-11,13,16,19-20H,6-8H2,1H3;2-6,13-16,19H,7-11H2,1H3/t10-,11+,13-,16-,17-;13-,14+,15+,16?/m0./s1. The third-order valence-corrected chi connectivity index (χ3v) is 11.2. The van der Waals surface area contributed by atoms with Gasteiger partial charge in [0, 0.05) is 35.0 Å². The number of rotatable bonds is 4. The number of phenolic OH excluding ortho intramolecular Hbond substituents is 1. The summed E-state index contributed by atoms with van der Waals surface area (Å²) in [5.41, 5.74) is 3.11. The summed E-state index contributed by atoms with van der Waals surface area (Å²) in [5.74, 6) is 0.329. The van der Waals surface area contributed by atoms with Crippen LogP contribution in [0.2, 0.25) is 0 Å². The minimum atomic E-state index is -0.594. The zero-order chi connectivity index (χ0) is 29.2. The molecule has 42 heavy (non-hydrogen) atoms. The number of benzene rings is 2. The predicted octanol–water partition coefficient (Wildman–Crippen LogP) is 3.13. The van der Waals surface area contributed by atoms with Crippen molar-refractivity contribution in [3.63, 3.8) is 0 Å². The molecule has 224 valence electrons. The van der Waals surface area contributed by atoms with E-state index >= 15 is 0 Å². The fraction of sp³-hybridized carbons (Fsp3) is 0.559. The number of nitrogens with zero attached hydrogens (tertiary/aromatic N) is 2. The number of aromatic hydroxyl groups is 1. The third-order valence-electron chi connectivity index (χ3n) is 11.2. The summed E-state index contributed by atoms with van der Waals surface area (Å²) in [6, 6.07) is 14.7. The Morgan fingerprint density at radius 3 is 2.55 bits per heavy atom. The Bertz CT molecular complexity index is 1350. The molecule has 4 heterocycles. The molecule has 8 heteroatoms. The van der Waals surface area contributed by atoms with Gasteiger partial charge in [-0.2, -0.15) is 0 Å². The smallest absolute Gasteiger partial charge is 0.316 e. The second-order valence-electron chi connectivity index (χ2n) is 13.2. The Hall–Kier alpha value is -2.91. The number of aliphatic hydroxyl groups excluding tert-OH is 2. The van der Waals surface area contributed by atoms with E-state index in [1.807, 2.05) is 42.5 Å². The van der Waals surface area contributed by atoms with Crippen LogP contribution in [-0.4, -0.2) is 94.8 Å². The number of piperidine rings is 2. The summed E-state index contributed by atoms with van der Waals surface area (Å²) in [6.45, 7) is 0.804. The lowest BCUT2D eigenvalue weighted by molar-refractivity contribution is -0.155. The van der Waals surface area contributed by atoms with Gasteiger partial charge in [0.2, 0.25) is 0 Å². The highest BCUT2D eigenvalue weighted by molar-refractivity contribution is 5.78. The zero-order valence-corrected chi connectivity index (χ0v) is 24.4. The molecule has 3 N–H and O–H groups in total. The van der Waals surface area contributed by atoms with Crippen molar-refractivity contribution < 1.29 is 29.6 Å². The van der Waals surface area contributed by atoms with Gasteiger partial charge in [0.15, 0.2) is 11.5 Å². The van der Waals surface area contributed by atoms with Gasteiger partial charge in [-0.1, -0.05) is 48.6 Å². The van der Waals surface area contributed by atoms with Gasteiger partial charge in [-0.15, -0.1) is 0 Å². The first-order valence-electron chi connectivity index (χ1n) is 15.5. The molecule has 1 spiro atoms. The van der Waals surface area contributed by atoms with Crippen LogP contribution in [0.5, 0.6) is 11.5 Å². The lowest BCUT2D eigenvalue weighted by Gasteiger charge is -2.56. The van der Waals surface area contributed by atoms with Gasteiger partial charge in [-0.3, -0.25) is 4.79 Å². The molecule has 0 aromatic heterocycles. The summed E-state index contributed by atoms with van der Waals surface area (Å²) in [6.07, 6.45) is 9.44. The Kier molecular flexibility index (Phi) is 7.08. The molecule has 2 aliphatic carbocycles. The van der Waals surface area contributed by atoms with Crippen LogP contribution in [0.25, 0.3) is 0 Å². The van der Waals surface area contributed by atoms with Crippen molar-refractivity contribution in [2.45, 2.75) is 86.3 Å². The highest BCUT2D eigenvalue weighted by atomic mass is 16.5. The first kappa shape index (κ1) is 27.9. The van der Waals surface area contributed by atoms with E-state index in [9.17, 15) is 20.1 Å². The molecule has 2 aromatic carbocycles. The summed E-state index contributed by atoms with van der Waals surface area (Å²) >= 11 is 0. The number of likely N-dealkylation sites (N-methyl/N-ethyl adjacent to an activating group) is 1. The van der Waals surface area contributed by atoms with Crippen LogP contribution in [0.1, 0.15) is 54.7 Å². The molecule has 4 aliphatic heterocycles. The maximum absolute atomic E-state index is 12.4. The number of aliphatic hydroxyl groups is 2. The van der Waals surface area contributed by atoms with Crippen LogP contribution in [0, 0.1) is 5.92 Å². The molecule has 3 fully saturated rings. The Morgan fingerprint density at radius 2 is 1.83 bits per heavy atom. The number of hydrogen-bond donors (Lipinski definition) is 3. The highest BCUT2D eigenvalue weighted by Crippen LogP contribution is 2.62. The van der Waals surface area contributed by atoms with E-state index in [0.29, 0.717) is 29.8 Å². The average Bonchev–Trinajstić information content (AvgIpc) is 3.43. The van der Waals surface area contributed by atoms with E-state index in [0.717, 1.165) is 37.8 Å². The zero-order valence-electron chi connectivity index (χ0n) is 24.4. The molecule has 0 radical (unpaired) electrons. The topological polar surface area (TPSA) is 103 Å². The van der Waals surface area contributed by atoms with Gasteiger partial charge in [-0.25, -0.2) is 0 Å². The summed E-state index contributed by atoms with van der Waals surface area (Å²) < 4.78 is 11.8. The largest absolute Gasteiger partial charge is 0.504 e. The van der Waals surface area contributed by atoms with Crippen LogP contribution < -0.4 is 4.74 Å². The van der Waals surface area contributed by atoms with E-state index in [1.165, 1.54) is 24.0 Å². The number of carbonyl (C=O) groups is 1. The molecule has 0 amide bonds. The van der Waals surface area contributed by atoms with Gasteiger partial charge in [0.1, 0.15) is 24.2 Å². The number of likely N-dealkylation sites (tertiary alicyclic amines) is 1. The van der Waals surface area contributed by atoms with Gasteiger partial charge in [0.05, 0.1) is 6.61 Å². The van der Waals surface area contributed by atoms with Crippen LogP contribution in [0.4, 0.5) is 0 Å². The van der Waals surface area contributed by atoms with E-state index in [4.69, 9.17) is 9.47 Å². The molecule has 3 saturated heterocycles. The fourth-order valence-corrected chi connectivity index (χ4v) is 8.94. The number of ether oxygens (including phenoxy) is 2. The van der Waals surface area contributed by atoms with Gasteiger partial charge < -0.3 is 34.6 Å². The molecule has 0 saturated carbocycles. The molecule has 2 aromatic rings. The van der Waals surface area contributed by atoms with E-state index < -0.39 is 12.0 Å². The van der Waals surface area contributed by atoms with Crippen molar-refractivity contribution in [1.29, 1.82) is 0 Å². The van der Waals surface area contributed by atoms with Gasteiger partial charge in [-0.05, 0) is 76.4 Å². The van der Waals surface area contributed by atoms with Crippen LogP contribution >= 0.6 is 0 Å². The normalized spacial score (nSPS) is 36.3. The number of phenols is 1. The first-order chi connectivity index (χ1) is 20.3. The van der Waals surface area contributed by atoms with E-state index in [1.54, 1.807) is 6.07 Å². The van der Waals surface area contributed by atoms with Crippen molar-refractivity contribution in [2.75, 3.05) is 27.2 Å². The van der Waals surface area contributed by atoms with Crippen LogP contribution in [0.15, 0.2) is 54.6 Å². The molecule has 4 bridgehead atoms. The van der Waals surface area contributed by atoms with Crippen LogP contribution in [0.3, 0.4) is 0 Å². The maximum Gasteiger partial charge on any atom is 0.316 e. The Balaban J connectivity index is 0.000000137. The lowest BCUT2D eigenvalue weighted by Crippen LogP contribution is -2.64. The fourth-order valence-electron chi connectivity index (χ4n) is 8.94. The first-order valence-corrected chi connectivity index (χ1v) is 15.5. The van der Waals surface area contributed by atoms with E-state index in [2.05, 4.69) is 30.0 Å². The molecular weight excluding hydrogens is 532 g/mol. The Morgan fingerprint density at radius 1 is 1.10 bits per heavy atom. The average molecular weight is 575 g/mol. The van der Waals surface area contributed by atoms with Gasteiger partial charge in [0.25, 0.3) is 0 Å². The van der Waals surface area contributed by atoms with Crippen molar-refractivity contribution in [3.8, 4) is 11.5 Å². The van der Waals surface area contributed by atoms with Crippen LogP contribution in [-0.2, 0) is 21.4 Å². The van der Waals surface area contributed by atoms with Crippen molar-refractivity contribution in [1.82, 2.24) is 9.80 Å².